The van der Waals surface area contributed by atoms with Crippen molar-refractivity contribution in [1.29, 1.82) is 0 Å². The number of hydrogen-bond donors (Lipinski definition) is 0. The summed E-state index contributed by atoms with van der Waals surface area (Å²) in [6.07, 6.45) is 0. The van der Waals surface area contributed by atoms with Crippen molar-refractivity contribution < 1.29 is 4.74 Å². The van der Waals surface area contributed by atoms with Crippen LogP contribution in [0.1, 0.15) is 6.92 Å². The Bertz CT molecular complexity index is 737. The van der Waals surface area contributed by atoms with Gasteiger partial charge >= 0.3 is 0 Å². The highest BCUT2D eigenvalue weighted by atomic mass is 35.5. The van der Waals surface area contributed by atoms with Crippen LogP contribution in [0.4, 0.5) is 0 Å². The van der Waals surface area contributed by atoms with Crippen molar-refractivity contribution in [1.82, 2.24) is 9.55 Å². The van der Waals surface area contributed by atoms with E-state index in [4.69, 9.17) is 21.3 Å². The Morgan fingerprint density at radius 2 is 1.95 bits per heavy atom. The Morgan fingerprint density at radius 1 is 1.14 bits per heavy atom. The van der Waals surface area contributed by atoms with Gasteiger partial charge in [0.2, 0.25) is 0 Å². The van der Waals surface area contributed by atoms with Crippen LogP contribution in [-0.2, 0) is 11.3 Å². The van der Waals surface area contributed by atoms with E-state index in [-0.39, 0.29) is 0 Å². The highest BCUT2D eigenvalue weighted by Crippen LogP contribution is 2.26. The van der Waals surface area contributed by atoms with Crippen LogP contribution in [0, 0.1) is 0 Å². The van der Waals surface area contributed by atoms with E-state index < -0.39 is 0 Å². The molecule has 3 nitrogen and oxygen atoms in total. The Morgan fingerprint density at radius 3 is 2.71 bits per heavy atom. The van der Waals surface area contributed by atoms with Crippen LogP contribution in [0.5, 0.6) is 0 Å². The molecule has 0 bridgehead atoms. The summed E-state index contributed by atoms with van der Waals surface area (Å²) < 4.78 is 7.69. The number of aromatic nitrogens is 2. The molecule has 0 unspecified atom stereocenters. The molecule has 0 atom stereocenters. The molecule has 0 spiro atoms. The second kappa shape index (κ2) is 6.29. The average Bonchev–Trinajstić information content (AvgIpc) is 2.86. The van der Waals surface area contributed by atoms with Gasteiger partial charge in [0, 0.05) is 23.7 Å². The molecule has 0 aliphatic carbocycles. The van der Waals surface area contributed by atoms with Gasteiger partial charge in [-0.1, -0.05) is 41.9 Å². The zero-order chi connectivity index (χ0) is 14.7. The number of ether oxygens (including phenoxy) is 1. The van der Waals surface area contributed by atoms with Crippen LogP contribution < -0.4 is 0 Å². The molecule has 0 amide bonds. The molecule has 0 aliphatic heterocycles. The summed E-state index contributed by atoms with van der Waals surface area (Å²) in [7, 11) is 0. The molecule has 4 heteroatoms. The predicted molar refractivity (Wildman–Crippen MR) is 86.7 cm³/mol. The van der Waals surface area contributed by atoms with E-state index in [2.05, 4.69) is 16.7 Å². The van der Waals surface area contributed by atoms with Crippen molar-refractivity contribution >= 4 is 22.6 Å². The number of nitrogens with zero attached hydrogens (tertiary/aromatic N) is 2. The lowest BCUT2D eigenvalue weighted by molar-refractivity contribution is 0.140. The quantitative estimate of drug-likeness (QED) is 0.653. The van der Waals surface area contributed by atoms with Crippen molar-refractivity contribution in [2.75, 3.05) is 13.2 Å². The minimum atomic E-state index is 0.671. The lowest BCUT2D eigenvalue weighted by Crippen LogP contribution is -2.07. The van der Waals surface area contributed by atoms with Crippen molar-refractivity contribution in [2.24, 2.45) is 0 Å². The maximum Gasteiger partial charge on any atom is 0.141 e. The second-order valence-electron chi connectivity index (χ2n) is 4.78. The lowest BCUT2D eigenvalue weighted by atomic mass is 10.2. The van der Waals surface area contributed by atoms with E-state index in [1.165, 1.54) is 0 Å². The molecular formula is C17H17ClN2O. The molecule has 0 saturated heterocycles. The number of hydrogen-bond acceptors (Lipinski definition) is 2. The van der Waals surface area contributed by atoms with Gasteiger partial charge in [0.15, 0.2) is 0 Å². The fraction of sp³-hybridized carbons (Fsp3) is 0.235. The smallest absolute Gasteiger partial charge is 0.141 e. The minimum Gasteiger partial charge on any atom is -0.380 e. The molecule has 0 aliphatic rings. The number of imidazole rings is 1. The van der Waals surface area contributed by atoms with E-state index >= 15 is 0 Å². The predicted octanol–water partition coefficient (Wildman–Crippen LogP) is 4.39. The van der Waals surface area contributed by atoms with Gasteiger partial charge in [-0.15, -0.1) is 0 Å². The van der Waals surface area contributed by atoms with E-state index in [1.807, 2.05) is 43.3 Å². The SMILES string of the molecule is CCOCCn1c(-c2ccccc2)nc2cc(Cl)ccc21. The minimum absolute atomic E-state index is 0.671. The molecule has 108 valence electrons. The van der Waals surface area contributed by atoms with Crippen LogP contribution in [0.2, 0.25) is 5.02 Å². The molecule has 0 saturated carbocycles. The first-order valence-corrected chi connectivity index (χ1v) is 7.46. The summed E-state index contributed by atoms with van der Waals surface area (Å²) in [4.78, 5) is 4.75. The fourth-order valence-corrected chi connectivity index (χ4v) is 2.60. The van der Waals surface area contributed by atoms with Crippen molar-refractivity contribution in [3.8, 4) is 11.4 Å². The lowest BCUT2D eigenvalue weighted by Gasteiger charge is -2.09. The van der Waals surface area contributed by atoms with Gasteiger partial charge in [-0.25, -0.2) is 4.98 Å². The standard InChI is InChI=1S/C17H17ClN2O/c1-2-21-11-10-20-16-9-8-14(18)12-15(16)19-17(20)13-6-4-3-5-7-13/h3-9,12H,2,10-11H2,1H3. The maximum absolute atomic E-state index is 6.08. The van der Waals surface area contributed by atoms with Gasteiger partial charge in [0.1, 0.15) is 5.82 Å². The zero-order valence-corrected chi connectivity index (χ0v) is 12.7. The second-order valence-corrected chi connectivity index (χ2v) is 5.22. The van der Waals surface area contributed by atoms with E-state index in [0.29, 0.717) is 11.6 Å². The third-order valence-corrected chi connectivity index (χ3v) is 3.64. The highest BCUT2D eigenvalue weighted by molar-refractivity contribution is 6.31. The molecule has 1 heterocycles. The van der Waals surface area contributed by atoms with Gasteiger partial charge < -0.3 is 9.30 Å². The normalized spacial score (nSPS) is 11.1. The molecule has 3 aromatic rings. The van der Waals surface area contributed by atoms with Crippen molar-refractivity contribution in [3.05, 3.63) is 53.6 Å². The Kier molecular flexibility index (Phi) is 4.23. The molecular weight excluding hydrogens is 284 g/mol. The maximum atomic E-state index is 6.08. The monoisotopic (exact) mass is 300 g/mol. The summed E-state index contributed by atoms with van der Waals surface area (Å²) in [6.45, 7) is 4.17. The Hall–Kier alpha value is -1.84. The number of benzene rings is 2. The summed E-state index contributed by atoms with van der Waals surface area (Å²) in [5.41, 5.74) is 3.09. The summed E-state index contributed by atoms with van der Waals surface area (Å²) in [5, 5.41) is 0.705. The number of rotatable bonds is 5. The third kappa shape index (κ3) is 2.94. The summed E-state index contributed by atoms with van der Waals surface area (Å²) in [5.74, 6) is 0.951. The first-order valence-electron chi connectivity index (χ1n) is 7.08. The van der Waals surface area contributed by atoms with Gasteiger partial charge in [-0.2, -0.15) is 0 Å². The van der Waals surface area contributed by atoms with Crippen molar-refractivity contribution in [3.63, 3.8) is 0 Å². The number of halogens is 1. The highest BCUT2D eigenvalue weighted by Gasteiger charge is 2.12. The first-order chi connectivity index (χ1) is 10.3. The van der Waals surface area contributed by atoms with Gasteiger partial charge in [-0.05, 0) is 25.1 Å². The van der Waals surface area contributed by atoms with Crippen LogP contribution in [0.15, 0.2) is 48.5 Å². The largest absolute Gasteiger partial charge is 0.380 e. The summed E-state index contributed by atoms with van der Waals surface area (Å²) >= 11 is 6.08. The molecule has 21 heavy (non-hydrogen) atoms. The molecule has 3 rings (SSSR count). The van der Waals surface area contributed by atoms with Crippen LogP contribution >= 0.6 is 11.6 Å². The first kappa shape index (κ1) is 14.1. The van der Waals surface area contributed by atoms with E-state index in [1.54, 1.807) is 0 Å². The third-order valence-electron chi connectivity index (χ3n) is 3.41. The topological polar surface area (TPSA) is 27.1 Å². The van der Waals surface area contributed by atoms with E-state index in [9.17, 15) is 0 Å². The van der Waals surface area contributed by atoms with Crippen molar-refractivity contribution in [2.45, 2.75) is 13.5 Å². The Labute approximate surface area is 129 Å². The van der Waals surface area contributed by atoms with Gasteiger partial charge in [-0.3, -0.25) is 0 Å². The fourth-order valence-electron chi connectivity index (χ4n) is 2.44. The summed E-state index contributed by atoms with van der Waals surface area (Å²) in [6, 6.07) is 16.0. The van der Waals surface area contributed by atoms with Crippen LogP contribution in [-0.4, -0.2) is 22.8 Å². The van der Waals surface area contributed by atoms with Crippen LogP contribution in [0.3, 0.4) is 0 Å². The zero-order valence-electron chi connectivity index (χ0n) is 11.9. The molecule has 0 radical (unpaired) electrons. The number of fused-ring (bicyclic) bond motifs is 1. The molecule has 0 N–H and O–H groups in total. The average molecular weight is 301 g/mol. The van der Waals surface area contributed by atoms with Gasteiger partial charge in [0.25, 0.3) is 0 Å². The molecule has 2 aromatic carbocycles. The molecule has 1 aromatic heterocycles. The van der Waals surface area contributed by atoms with Gasteiger partial charge in [0.05, 0.1) is 17.6 Å². The van der Waals surface area contributed by atoms with Crippen LogP contribution in [0.25, 0.3) is 22.4 Å². The molecule has 0 fully saturated rings. The van der Waals surface area contributed by atoms with E-state index in [0.717, 1.165) is 35.6 Å². The Balaban J connectivity index is 2.10.